The van der Waals surface area contributed by atoms with Crippen molar-refractivity contribution in [2.45, 2.75) is 36.2 Å². The van der Waals surface area contributed by atoms with Crippen LogP contribution in [0.25, 0.3) is 0 Å². The number of ketones is 1. The number of nitrogens with one attached hydrogen (secondary N) is 1. The van der Waals surface area contributed by atoms with Crippen LogP contribution in [0.3, 0.4) is 0 Å². The van der Waals surface area contributed by atoms with E-state index in [9.17, 15) is 4.79 Å². The van der Waals surface area contributed by atoms with Gasteiger partial charge in [-0.25, -0.2) is 0 Å². The highest BCUT2D eigenvalue weighted by Gasteiger charge is 2.48. The van der Waals surface area contributed by atoms with Gasteiger partial charge in [0.15, 0.2) is 10.6 Å². The summed E-state index contributed by atoms with van der Waals surface area (Å²) in [4.78, 5) is 10.9. The molecule has 2 atom stereocenters. The molecule has 0 aromatic heterocycles. The fraction of sp³-hybridized carbons (Fsp3) is 0.900. The van der Waals surface area contributed by atoms with Crippen LogP contribution >= 0.6 is 23.2 Å². The largest absolute Gasteiger partial charge is 0.359 e. The Morgan fingerprint density at radius 3 is 2.87 bits per heavy atom. The second kappa shape index (κ2) is 4.58. The summed E-state index contributed by atoms with van der Waals surface area (Å²) in [6.07, 6.45) is 3.83. The number of halogens is 2. The van der Waals surface area contributed by atoms with Gasteiger partial charge in [0, 0.05) is 6.54 Å². The summed E-state index contributed by atoms with van der Waals surface area (Å²) in [7, 11) is 0. The molecule has 86 valence electrons. The van der Waals surface area contributed by atoms with Crippen LogP contribution in [0.4, 0.5) is 0 Å². The van der Waals surface area contributed by atoms with Gasteiger partial charge in [-0.2, -0.15) is 0 Å². The average Bonchev–Trinajstić information content (AvgIpc) is 2.67. The summed E-state index contributed by atoms with van der Waals surface area (Å²) in [6.45, 7) is 1.47. The molecule has 15 heavy (non-hydrogen) atoms. The molecule has 3 nitrogen and oxygen atoms in total. The third kappa shape index (κ3) is 2.16. The number of carbonyl (C=O) groups excluding carboxylic acids is 1. The molecule has 0 amide bonds. The second-order valence-corrected chi connectivity index (χ2v) is 5.26. The Bertz CT molecular complexity index is 252. The summed E-state index contributed by atoms with van der Waals surface area (Å²) in [5.41, 5.74) is -0.475. The van der Waals surface area contributed by atoms with Gasteiger partial charge in [-0.1, -0.05) is 29.6 Å². The molecule has 2 rings (SSSR count). The molecule has 2 aliphatic rings. The van der Waals surface area contributed by atoms with E-state index < -0.39 is 10.6 Å². The summed E-state index contributed by atoms with van der Waals surface area (Å²) < 4.78 is 5.72. The lowest BCUT2D eigenvalue weighted by Crippen LogP contribution is -2.54. The van der Waals surface area contributed by atoms with Crippen LogP contribution in [0, 0.1) is 5.92 Å². The lowest BCUT2D eigenvalue weighted by molar-refractivity contribution is -0.139. The second-order valence-electron chi connectivity index (χ2n) is 4.17. The zero-order valence-electron chi connectivity index (χ0n) is 8.47. The van der Waals surface area contributed by atoms with Crippen LogP contribution in [0.1, 0.15) is 25.7 Å². The van der Waals surface area contributed by atoms with E-state index in [0.717, 1.165) is 32.2 Å². The SMILES string of the molecule is O=C(C(Cl)Cl)C1CCCCC12NCCO2. The zero-order chi connectivity index (χ0) is 10.9. The van der Waals surface area contributed by atoms with Gasteiger partial charge >= 0.3 is 0 Å². The molecule has 0 radical (unpaired) electrons. The summed E-state index contributed by atoms with van der Waals surface area (Å²) >= 11 is 11.3. The van der Waals surface area contributed by atoms with Gasteiger partial charge in [-0.15, -0.1) is 0 Å². The Morgan fingerprint density at radius 2 is 2.27 bits per heavy atom. The third-order valence-corrected chi connectivity index (χ3v) is 3.73. The zero-order valence-corrected chi connectivity index (χ0v) is 9.98. The Morgan fingerprint density at radius 1 is 1.47 bits per heavy atom. The van der Waals surface area contributed by atoms with Crippen molar-refractivity contribution in [2.75, 3.05) is 13.2 Å². The molecule has 0 aromatic rings. The monoisotopic (exact) mass is 251 g/mol. The molecule has 1 aliphatic carbocycles. The van der Waals surface area contributed by atoms with Crippen LogP contribution < -0.4 is 5.32 Å². The predicted octanol–water partition coefficient (Wildman–Crippen LogP) is 1.87. The number of hydrogen-bond donors (Lipinski definition) is 1. The molecule has 5 heteroatoms. The number of hydrogen-bond acceptors (Lipinski definition) is 3. The summed E-state index contributed by atoms with van der Waals surface area (Å²) in [5.74, 6) is -0.291. The van der Waals surface area contributed by atoms with E-state index >= 15 is 0 Å². The summed E-state index contributed by atoms with van der Waals surface area (Å²) in [6, 6.07) is 0. The van der Waals surface area contributed by atoms with Crippen molar-refractivity contribution in [2.24, 2.45) is 5.92 Å². The quantitative estimate of drug-likeness (QED) is 0.762. The number of alkyl halides is 2. The van der Waals surface area contributed by atoms with Crippen molar-refractivity contribution in [3.05, 3.63) is 0 Å². The Hall–Kier alpha value is 0.170. The van der Waals surface area contributed by atoms with Crippen LogP contribution in [0.15, 0.2) is 0 Å². The fourth-order valence-corrected chi connectivity index (χ4v) is 2.90. The van der Waals surface area contributed by atoms with Gasteiger partial charge in [0.25, 0.3) is 0 Å². The maximum absolute atomic E-state index is 11.9. The number of carbonyl (C=O) groups is 1. The average molecular weight is 252 g/mol. The highest BCUT2D eigenvalue weighted by Crippen LogP contribution is 2.38. The molecular formula is C10H15Cl2NO2. The van der Waals surface area contributed by atoms with E-state index in [1.807, 2.05) is 0 Å². The lowest BCUT2D eigenvalue weighted by atomic mass is 9.79. The van der Waals surface area contributed by atoms with Crippen LogP contribution in [0.5, 0.6) is 0 Å². The lowest BCUT2D eigenvalue weighted by Gasteiger charge is -2.39. The molecule has 1 heterocycles. The van der Waals surface area contributed by atoms with Gasteiger partial charge in [0.2, 0.25) is 0 Å². The molecule has 2 fully saturated rings. The van der Waals surface area contributed by atoms with E-state index in [0.29, 0.717) is 6.61 Å². The molecule has 1 saturated heterocycles. The van der Waals surface area contributed by atoms with Crippen molar-refractivity contribution in [1.82, 2.24) is 5.32 Å². The molecule has 0 bridgehead atoms. The van der Waals surface area contributed by atoms with Crippen molar-refractivity contribution < 1.29 is 9.53 Å². The maximum Gasteiger partial charge on any atom is 0.173 e. The number of ether oxygens (including phenoxy) is 1. The van der Waals surface area contributed by atoms with Crippen LogP contribution in [-0.2, 0) is 9.53 Å². The number of rotatable bonds is 2. The van der Waals surface area contributed by atoms with Crippen molar-refractivity contribution in [1.29, 1.82) is 0 Å². The van der Waals surface area contributed by atoms with E-state index in [1.165, 1.54) is 0 Å². The van der Waals surface area contributed by atoms with Gasteiger partial charge in [0.1, 0.15) is 5.72 Å². The third-order valence-electron chi connectivity index (χ3n) is 3.30. The standard InChI is InChI=1S/C10H15Cl2NO2/c11-9(12)8(14)7-3-1-2-4-10(7)13-5-6-15-10/h7,9,13H,1-6H2. The minimum Gasteiger partial charge on any atom is -0.359 e. The van der Waals surface area contributed by atoms with Gasteiger partial charge < -0.3 is 4.74 Å². The fourth-order valence-electron chi connectivity index (χ4n) is 2.60. The van der Waals surface area contributed by atoms with Crippen LogP contribution in [-0.4, -0.2) is 29.5 Å². The van der Waals surface area contributed by atoms with Crippen LogP contribution in [0.2, 0.25) is 0 Å². The minimum atomic E-state index is -0.934. The van der Waals surface area contributed by atoms with Crippen molar-refractivity contribution >= 4 is 29.0 Å². The molecule has 0 aromatic carbocycles. The topological polar surface area (TPSA) is 38.3 Å². The molecule has 1 spiro atoms. The van der Waals surface area contributed by atoms with Crippen molar-refractivity contribution in [3.63, 3.8) is 0 Å². The first-order valence-electron chi connectivity index (χ1n) is 5.36. The van der Waals surface area contributed by atoms with Gasteiger partial charge in [-0.05, 0) is 19.3 Å². The summed E-state index contributed by atoms with van der Waals surface area (Å²) in [5, 5.41) is 3.30. The molecule has 1 saturated carbocycles. The smallest absolute Gasteiger partial charge is 0.173 e. The molecule has 1 aliphatic heterocycles. The highest BCUT2D eigenvalue weighted by atomic mass is 35.5. The van der Waals surface area contributed by atoms with E-state index in [-0.39, 0.29) is 11.7 Å². The van der Waals surface area contributed by atoms with Gasteiger partial charge in [-0.3, -0.25) is 10.1 Å². The Labute approximate surface area is 99.4 Å². The minimum absolute atomic E-state index is 0.104. The predicted molar refractivity (Wildman–Crippen MR) is 59.1 cm³/mol. The molecular weight excluding hydrogens is 237 g/mol. The van der Waals surface area contributed by atoms with E-state index in [1.54, 1.807) is 0 Å². The molecule has 1 N–H and O–H groups in total. The normalized spacial score (nSPS) is 36.3. The van der Waals surface area contributed by atoms with Crippen molar-refractivity contribution in [3.8, 4) is 0 Å². The van der Waals surface area contributed by atoms with E-state index in [2.05, 4.69) is 5.32 Å². The number of Topliss-reactive ketones (excluding diaryl/α,β-unsaturated/α-hetero) is 1. The van der Waals surface area contributed by atoms with E-state index in [4.69, 9.17) is 27.9 Å². The molecule has 2 unspecified atom stereocenters. The highest BCUT2D eigenvalue weighted by molar-refractivity contribution is 6.54. The Balaban J connectivity index is 2.15. The van der Waals surface area contributed by atoms with Gasteiger partial charge in [0.05, 0.1) is 12.5 Å². The Kier molecular flexibility index (Phi) is 3.56. The first kappa shape index (κ1) is 11.6. The maximum atomic E-state index is 11.9. The first-order valence-corrected chi connectivity index (χ1v) is 6.24. The first-order chi connectivity index (χ1) is 7.16.